The van der Waals surface area contributed by atoms with Crippen LogP contribution in [0.15, 0.2) is 42.5 Å². The summed E-state index contributed by atoms with van der Waals surface area (Å²) in [4.78, 5) is 23.5. The Kier molecular flexibility index (Phi) is 6.00. The Morgan fingerprint density at radius 1 is 1.12 bits per heavy atom. The van der Waals surface area contributed by atoms with Crippen molar-refractivity contribution in [3.63, 3.8) is 0 Å². The van der Waals surface area contributed by atoms with E-state index in [4.69, 9.17) is 14.6 Å². The van der Waals surface area contributed by atoms with Gasteiger partial charge in [0.15, 0.2) is 0 Å². The minimum Gasteiger partial charge on any atom is -0.495 e. The number of aromatic carboxylic acids is 1. The smallest absolute Gasteiger partial charge is 0.335 e. The van der Waals surface area contributed by atoms with E-state index in [9.17, 15) is 9.59 Å². The molecule has 0 aliphatic heterocycles. The number of amides is 1. The van der Waals surface area contributed by atoms with Crippen LogP contribution in [0.5, 0.6) is 11.5 Å². The van der Waals surface area contributed by atoms with Gasteiger partial charge in [-0.3, -0.25) is 4.79 Å². The van der Waals surface area contributed by atoms with Crippen molar-refractivity contribution >= 4 is 17.6 Å². The van der Waals surface area contributed by atoms with Gasteiger partial charge in [-0.2, -0.15) is 0 Å². The molecule has 0 radical (unpaired) electrons. The number of nitrogens with one attached hydrogen (secondary N) is 1. The molecule has 0 spiro atoms. The highest BCUT2D eigenvalue weighted by Crippen LogP contribution is 2.26. The molecule has 2 rings (SSSR count). The lowest BCUT2D eigenvalue weighted by atomic mass is 10.1. The first-order valence-corrected chi connectivity index (χ1v) is 7.94. The number of hydrogen-bond donors (Lipinski definition) is 2. The van der Waals surface area contributed by atoms with E-state index in [0.717, 1.165) is 6.42 Å². The van der Waals surface area contributed by atoms with Crippen LogP contribution in [0.25, 0.3) is 0 Å². The van der Waals surface area contributed by atoms with Crippen LogP contribution in [0.3, 0.4) is 0 Å². The van der Waals surface area contributed by atoms with Gasteiger partial charge in [-0.15, -0.1) is 0 Å². The van der Waals surface area contributed by atoms with Crippen molar-refractivity contribution in [3.8, 4) is 11.5 Å². The lowest BCUT2D eigenvalue weighted by Gasteiger charge is -2.13. The van der Waals surface area contributed by atoms with Crippen LogP contribution in [-0.4, -0.2) is 30.2 Å². The number of methoxy groups -OCH3 is 1. The van der Waals surface area contributed by atoms with Crippen molar-refractivity contribution in [1.29, 1.82) is 0 Å². The van der Waals surface area contributed by atoms with Crippen molar-refractivity contribution in [3.05, 3.63) is 53.6 Å². The number of carbonyl (C=O) groups is 2. The summed E-state index contributed by atoms with van der Waals surface area (Å²) in [5.41, 5.74) is 0.792. The third-order valence-corrected chi connectivity index (χ3v) is 3.72. The summed E-state index contributed by atoms with van der Waals surface area (Å²) >= 11 is 0. The van der Waals surface area contributed by atoms with Crippen LogP contribution < -0.4 is 14.8 Å². The molecule has 132 valence electrons. The summed E-state index contributed by atoms with van der Waals surface area (Å²) in [6.45, 7) is 4.01. The predicted octanol–water partition coefficient (Wildman–Crippen LogP) is 3.82. The van der Waals surface area contributed by atoms with Gasteiger partial charge in [-0.25, -0.2) is 4.79 Å². The average molecular weight is 343 g/mol. The number of ether oxygens (including phenoxy) is 2. The zero-order valence-electron chi connectivity index (χ0n) is 14.4. The molecular formula is C19H21NO5. The number of anilines is 1. The molecule has 6 nitrogen and oxygen atoms in total. The number of carboxylic acid groups (broad SMARTS) is 1. The third-order valence-electron chi connectivity index (χ3n) is 3.72. The highest BCUT2D eigenvalue weighted by molar-refractivity contribution is 6.05. The Hall–Kier alpha value is -3.02. The second-order valence-corrected chi connectivity index (χ2v) is 5.54. The second kappa shape index (κ2) is 8.19. The van der Waals surface area contributed by atoms with Crippen molar-refractivity contribution in [2.24, 2.45) is 0 Å². The summed E-state index contributed by atoms with van der Waals surface area (Å²) in [5, 5.41) is 11.8. The first-order valence-electron chi connectivity index (χ1n) is 7.94. The van der Waals surface area contributed by atoms with Crippen LogP contribution >= 0.6 is 0 Å². The van der Waals surface area contributed by atoms with Gasteiger partial charge < -0.3 is 19.9 Å². The maximum atomic E-state index is 12.4. The monoisotopic (exact) mass is 343 g/mol. The van der Waals surface area contributed by atoms with Gasteiger partial charge in [-0.1, -0.05) is 6.92 Å². The molecule has 0 unspecified atom stereocenters. The number of benzene rings is 2. The summed E-state index contributed by atoms with van der Waals surface area (Å²) in [6.07, 6.45) is 0.991. The molecule has 0 bridgehead atoms. The fourth-order valence-corrected chi connectivity index (χ4v) is 2.13. The van der Waals surface area contributed by atoms with Gasteiger partial charge in [0, 0.05) is 5.56 Å². The standard InChI is InChI=1S/C19H21NO5/c1-4-12(2)25-15-8-5-13(6-9-15)18(21)20-16-11-14(19(22)23)7-10-17(16)24-3/h5-12H,4H2,1-3H3,(H,20,21)(H,22,23)/t12-/m0/s1. The SMILES string of the molecule is CC[C@H](C)Oc1ccc(C(=O)Nc2cc(C(=O)O)ccc2OC)cc1. The van der Waals surface area contributed by atoms with Crippen molar-refractivity contribution in [2.45, 2.75) is 26.4 Å². The van der Waals surface area contributed by atoms with Crippen LogP contribution in [0.4, 0.5) is 5.69 Å². The van der Waals surface area contributed by atoms with Crippen molar-refractivity contribution in [1.82, 2.24) is 0 Å². The van der Waals surface area contributed by atoms with Gasteiger partial charge in [0.2, 0.25) is 0 Å². The third kappa shape index (κ3) is 4.73. The summed E-state index contributed by atoms with van der Waals surface area (Å²) < 4.78 is 10.8. The van der Waals surface area contributed by atoms with E-state index in [1.165, 1.54) is 25.3 Å². The van der Waals surface area contributed by atoms with Gasteiger partial charge in [0.1, 0.15) is 11.5 Å². The zero-order valence-corrected chi connectivity index (χ0v) is 14.4. The Morgan fingerprint density at radius 3 is 2.32 bits per heavy atom. The van der Waals surface area contributed by atoms with Crippen LogP contribution in [0, 0.1) is 0 Å². The molecule has 1 amide bonds. The molecule has 0 fully saturated rings. The molecule has 2 N–H and O–H groups in total. The lowest BCUT2D eigenvalue weighted by molar-refractivity contribution is 0.0696. The predicted molar refractivity (Wildman–Crippen MR) is 94.7 cm³/mol. The Labute approximate surface area is 146 Å². The van der Waals surface area contributed by atoms with Crippen molar-refractivity contribution in [2.75, 3.05) is 12.4 Å². The summed E-state index contributed by atoms with van der Waals surface area (Å²) in [5.74, 6) is -0.368. The van der Waals surface area contributed by atoms with E-state index in [1.54, 1.807) is 24.3 Å². The normalized spacial score (nSPS) is 11.5. The van der Waals surface area contributed by atoms with Gasteiger partial charge >= 0.3 is 5.97 Å². The molecule has 0 aromatic heterocycles. The summed E-state index contributed by atoms with van der Waals surface area (Å²) in [6, 6.07) is 11.0. The fraction of sp³-hybridized carbons (Fsp3) is 0.263. The molecule has 25 heavy (non-hydrogen) atoms. The zero-order chi connectivity index (χ0) is 18.4. The molecular weight excluding hydrogens is 322 g/mol. The number of rotatable bonds is 7. The molecule has 2 aromatic rings. The number of hydrogen-bond acceptors (Lipinski definition) is 4. The number of carbonyl (C=O) groups excluding carboxylic acids is 1. The number of carboxylic acids is 1. The quantitative estimate of drug-likeness (QED) is 0.798. The van der Waals surface area contributed by atoms with E-state index in [0.29, 0.717) is 22.7 Å². The minimum atomic E-state index is -1.08. The van der Waals surface area contributed by atoms with E-state index in [2.05, 4.69) is 5.32 Å². The maximum absolute atomic E-state index is 12.4. The van der Waals surface area contributed by atoms with Crippen LogP contribution in [0.2, 0.25) is 0 Å². The van der Waals surface area contributed by atoms with Gasteiger partial charge in [-0.05, 0) is 55.8 Å². The first-order chi connectivity index (χ1) is 11.9. The molecule has 0 aliphatic carbocycles. The Bertz CT molecular complexity index is 755. The highest BCUT2D eigenvalue weighted by Gasteiger charge is 2.13. The Balaban J connectivity index is 2.16. The largest absolute Gasteiger partial charge is 0.495 e. The topological polar surface area (TPSA) is 84.9 Å². The van der Waals surface area contributed by atoms with Crippen LogP contribution in [-0.2, 0) is 0 Å². The van der Waals surface area contributed by atoms with Gasteiger partial charge in [0.25, 0.3) is 5.91 Å². The Morgan fingerprint density at radius 2 is 1.76 bits per heavy atom. The molecule has 0 heterocycles. The first kappa shape index (κ1) is 18.3. The molecule has 0 saturated carbocycles. The second-order valence-electron chi connectivity index (χ2n) is 5.54. The lowest BCUT2D eigenvalue weighted by Crippen LogP contribution is -2.14. The van der Waals surface area contributed by atoms with E-state index >= 15 is 0 Å². The minimum absolute atomic E-state index is 0.0633. The van der Waals surface area contributed by atoms with E-state index in [-0.39, 0.29) is 17.6 Å². The molecule has 1 atom stereocenters. The van der Waals surface area contributed by atoms with Crippen LogP contribution in [0.1, 0.15) is 41.0 Å². The molecule has 0 aliphatic rings. The van der Waals surface area contributed by atoms with Gasteiger partial charge in [0.05, 0.1) is 24.5 Å². The van der Waals surface area contributed by atoms with E-state index < -0.39 is 5.97 Å². The maximum Gasteiger partial charge on any atom is 0.335 e. The molecule has 2 aromatic carbocycles. The van der Waals surface area contributed by atoms with Crippen molar-refractivity contribution < 1.29 is 24.2 Å². The van der Waals surface area contributed by atoms with E-state index in [1.807, 2.05) is 13.8 Å². The average Bonchev–Trinajstić information content (AvgIpc) is 2.62. The fourth-order valence-electron chi connectivity index (χ4n) is 2.13. The molecule has 0 saturated heterocycles. The highest BCUT2D eigenvalue weighted by atomic mass is 16.5. The summed E-state index contributed by atoms with van der Waals surface area (Å²) in [7, 11) is 1.45. The molecule has 6 heteroatoms.